The highest BCUT2D eigenvalue weighted by atomic mass is 32.1. The number of rotatable bonds is 3. The lowest BCUT2D eigenvalue weighted by Crippen LogP contribution is -2.38. The van der Waals surface area contributed by atoms with Crippen LogP contribution in [0.15, 0.2) is 6.33 Å². The third-order valence-corrected chi connectivity index (χ3v) is 5.33. The number of hydrogen-bond donors (Lipinski definition) is 0. The summed E-state index contributed by atoms with van der Waals surface area (Å²) in [5.41, 5.74) is 1.34. The largest absolute Gasteiger partial charge is 0.368 e. The predicted molar refractivity (Wildman–Crippen MR) is 79.1 cm³/mol. The zero-order valence-corrected chi connectivity index (χ0v) is 13.0. The van der Waals surface area contributed by atoms with Crippen LogP contribution in [0.25, 0.3) is 0 Å². The third kappa shape index (κ3) is 2.61. The lowest BCUT2D eigenvalue weighted by Gasteiger charge is -2.31. The van der Waals surface area contributed by atoms with Gasteiger partial charge < -0.3 is 9.30 Å². The molecule has 4 rings (SSSR count). The zero-order valence-electron chi connectivity index (χ0n) is 12.2. The highest BCUT2D eigenvalue weighted by Crippen LogP contribution is 2.29. The monoisotopic (exact) mass is 305 g/mol. The number of aryl methyl sites for hydroxylation is 3. The molecule has 7 heteroatoms. The smallest absolute Gasteiger partial charge is 0.163 e. The molecule has 2 aromatic rings. The van der Waals surface area contributed by atoms with Gasteiger partial charge >= 0.3 is 0 Å². The third-order valence-electron chi connectivity index (χ3n) is 4.18. The second-order valence-corrected chi connectivity index (χ2v) is 6.89. The van der Waals surface area contributed by atoms with Gasteiger partial charge in [0.15, 0.2) is 5.82 Å². The van der Waals surface area contributed by atoms with E-state index in [9.17, 15) is 0 Å². The van der Waals surface area contributed by atoms with Gasteiger partial charge in [0.05, 0.1) is 18.8 Å². The maximum absolute atomic E-state index is 5.85. The average molecular weight is 305 g/mol. The molecule has 21 heavy (non-hydrogen) atoms. The van der Waals surface area contributed by atoms with Gasteiger partial charge in [-0.15, -0.1) is 21.5 Å². The highest BCUT2D eigenvalue weighted by Gasteiger charge is 2.26. The average Bonchev–Trinajstić information content (AvgIpc) is 3.15. The number of fused-ring (bicyclic) bond motifs is 1. The van der Waals surface area contributed by atoms with E-state index < -0.39 is 0 Å². The van der Waals surface area contributed by atoms with Crippen molar-refractivity contribution < 1.29 is 4.74 Å². The fraction of sp³-hybridized carbons (Fsp3) is 0.643. The molecule has 0 aromatic carbocycles. The van der Waals surface area contributed by atoms with Crippen LogP contribution >= 0.6 is 11.3 Å². The second kappa shape index (κ2) is 5.47. The van der Waals surface area contributed by atoms with Crippen molar-refractivity contribution in [2.75, 3.05) is 19.7 Å². The van der Waals surface area contributed by atoms with E-state index in [1.165, 1.54) is 28.4 Å². The van der Waals surface area contributed by atoms with E-state index in [-0.39, 0.29) is 6.10 Å². The van der Waals surface area contributed by atoms with Gasteiger partial charge in [-0.25, -0.2) is 4.98 Å². The molecule has 0 saturated carbocycles. The first-order chi connectivity index (χ1) is 10.3. The Morgan fingerprint density at radius 3 is 3.19 bits per heavy atom. The summed E-state index contributed by atoms with van der Waals surface area (Å²) in [4.78, 5) is 8.71. The first kappa shape index (κ1) is 13.4. The summed E-state index contributed by atoms with van der Waals surface area (Å²) >= 11 is 1.89. The van der Waals surface area contributed by atoms with E-state index >= 15 is 0 Å². The zero-order chi connectivity index (χ0) is 14.2. The van der Waals surface area contributed by atoms with Crippen LogP contribution < -0.4 is 0 Å². The molecule has 2 aromatic heterocycles. The van der Waals surface area contributed by atoms with Gasteiger partial charge in [-0.05, 0) is 19.3 Å². The molecule has 0 amide bonds. The van der Waals surface area contributed by atoms with E-state index in [2.05, 4.69) is 15.1 Å². The number of hydrogen-bond acceptors (Lipinski definition) is 6. The van der Waals surface area contributed by atoms with E-state index in [4.69, 9.17) is 9.72 Å². The quantitative estimate of drug-likeness (QED) is 0.856. The molecule has 1 fully saturated rings. The van der Waals surface area contributed by atoms with Crippen molar-refractivity contribution in [2.24, 2.45) is 7.05 Å². The summed E-state index contributed by atoms with van der Waals surface area (Å²) in [5, 5.41) is 9.36. The van der Waals surface area contributed by atoms with Gasteiger partial charge in [-0.2, -0.15) is 0 Å². The second-order valence-electron chi connectivity index (χ2n) is 5.73. The molecule has 0 radical (unpaired) electrons. The summed E-state index contributed by atoms with van der Waals surface area (Å²) in [6.07, 6.45) is 5.40. The van der Waals surface area contributed by atoms with Gasteiger partial charge in [0.1, 0.15) is 17.4 Å². The fourth-order valence-electron chi connectivity index (χ4n) is 3.09. The van der Waals surface area contributed by atoms with Crippen molar-refractivity contribution in [1.29, 1.82) is 0 Å². The Morgan fingerprint density at radius 2 is 2.38 bits per heavy atom. The number of morpholine rings is 1. The molecule has 1 aliphatic carbocycles. The van der Waals surface area contributed by atoms with Crippen LogP contribution in [0, 0.1) is 0 Å². The standard InChI is InChI=1S/C14H19N5OS/c1-18-9-15-17-14(18)11-7-19(5-6-20-11)8-13-16-10-3-2-4-12(10)21-13/h9,11H,2-8H2,1H3/t11-/m0/s1. The maximum atomic E-state index is 5.85. The van der Waals surface area contributed by atoms with Crippen LogP contribution in [0.5, 0.6) is 0 Å². The van der Waals surface area contributed by atoms with Gasteiger partial charge in [-0.3, -0.25) is 4.90 Å². The maximum Gasteiger partial charge on any atom is 0.163 e. The molecular weight excluding hydrogens is 286 g/mol. The molecular formula is C14H19N5OS. The molecule has 2 aliphatic rings. The molecule has 1 saturated heterocycles. The predicted octanol–water partition coefficient (Wildman–Crippen LogP) is 1.33. The Kier molecular flexibility index (Phi) is 3.48. The molecule has 1 atom stereocenters. The normalized spacial score (nSPS) is 22.6. The van der Waals surface area contributed by atoms with Crippen molar-refractivity contribution in [2.45, 2.75) is 31.9 Å². The van der Waals surface area contributed by atoms with Crippen molar-refractivity contribution >= 4 is 11.3 Å². The summed E-state index contributed by atoms with van der Waals surface area (Å²) < 4.78 is 7.79. The van der Waals surface area contributed by atoms with Crippen LogP contribution in [-0.4, -0.2) is 44.3 Å². The number of aromatic nitrogens is 4. The first-order valence-electron chi connectivity index (χ1n) is 7.45. The highest BCUT2D eigenvalue weighted by molar-refractivity contribution is 7.11. The van der Waals surface area contributed by atoms with Crippen LogP contribution in [0.1, 0.15) is 33.9 Å². The van der Waals surface area contributed by atoms with Crippen LogP contribution in [0.3, 0.4) is 0 Å². The lowest BCUT2D eigenvalue weighted by atomic mass is 10.2. The Hall–Kier alpha value is -1.31. The molecule has 0 bridgehead atoms. The van der Waals surface area contributed by atoms with E-state index in [0.717, 1.165) is 38.5 Å². The number of ether oxygens (including phenoxy) is 1. The van der Waals surface area contributed by atoms with Crippen LogP contribution in [-0.2, 0) is 31.2 Å². The first-order valence-corrected chi connectivity index (χ1v) is 8.26. The topological polar surface area (TPSA) is 56.1 Å². The van der Waals surface area contributed by atoms with Gasteiger partial charge in [-0.1, -0.05) is 0 Å². The van der Waals surface area contributed by atoms with E-state index in [1.54, 1.807) is 6.33 Å². The molecule has 0 unspecified atom stereocenters. The fourth-order valence-corrected chi connectivity index (χ4v) is 4.29. The Morgan fingerprint density at radius 1 is 1.43 bits per heavy atom. The minimum absolute atomic E-state index is 0.0121. The summed E-state index contributed by atoms with van der Waals surface area (Å²) in [7, 11) is 1.96. The minimum atomic E-state index is 0.0121. The van der Waals surface area contributed by atoms with Crippen molar-refractivity contribution in [1.82, 2.24) is 24.6 Å². The SMILES string of the molecule is Cn1cnnc1[C@@H]1CN(Cc2nc3c(s2)CCC3)CCO1. The van der Waals surface area contributed by atoms with Gasteiger partial charge in [0, 0.05) is 25.0 Å². The summed E-state index contributed by atoms with van der Waals surface area (Å²) in [6, 6.07) is 0. The van der Waals surface area contributed by atoms with E-state index in [1.807, 2.05) is 23.0 Å². The lowest BCUT2D eigenvalue weighted by molar-refractivity contribution is -0.0385. The summed E-state index contributed by atoms with van der Waals surface area (Å²) in [5.74, 6) is 0.904. The molecule has 1 aliphatic heterocycles. The summed E-state index contributed by atoms with van der Waals surface area (Å²) in [6.45, 7) is 3.48. The van der Waals surface area contributed by atoms with Gasteiger partial charge in [0.25, 0.3) is 0 Å². The molecule has 0 spiro atoms. The molecule has 3 heterocycles. The van der Waals surface area contributed by atoms with E-state index in [0.29, 0.717) is 0 Å². The minimum Gasteiger partial charge on any atom is -0.368 e. The molecule has 0 N–H and O–H groups in total. The molecule has 6 nitrogen and oxygen atoms in total. The van der Waals surface area contributed by atoms with Crippen LogP contribution in [0.4, 0.5) is 0 Å². The number of nitrogens with zero attached hydrogens (tertiary/aromatic N) is 5. The number of thiazole rings is 1. The Labute approximate surface area is 127 Å². The van der Waals surface area contributed by atoms with Crippen molar-refractivity contribution in [3.63, 3.8) is 0 Å². The van der Waals surface area contributed by atoms with Gasteiger partial charge in [0.2, 0.25) is 0 Å². The Bertz CT molecular complexity index is 616. The van der Waals surface area contributed by atoms with Crippen molar-refractivity contribution in [3.8, 4) is 0 Å². The van der Waals surface area contributed by atoms with Crippen molar-refractivity contribution in [3.05, 3.63) is 27.7 Å². The molecule has 112 valence electrons. The van der Waals surface area contributed by atoms with Crippen LogP contribution in [0.2, 0.25) is 0 Å². The Balaban J connectivity index is 1.44.